The Kier molecular flexibility index (Phi) is 3.64. The largest absolute Gasteiger partial charge is 0.481 e. The van der Waals surface area contributed by atoms with Crippen LogP contribution in [0.4, 0.5) is 0 Å². The summed E-state index contributed by atoms with van der Waals surface area (Å²) < 4.78 is 0. The first-order chi connectivity index (χ1) is 10.4. The zero-order valence-electron chi connectivity index (χ0n) is 12.8. The van der Waals surface area contributed by atoms with Crippen molar-refractivity contribution in [2.75, 3.05) is 0 Å². The summed E-state index contributed by atoms with van der Waals surface area (Å²) >= 11 is 0. The van der Waals surface area contributed by atoms with Crippen LogP contribution in [0, 0.1) is 19.8 Å². The van der Waals surface area contributed by atoms with Gasteiger partial charge in [0, 0.05) is 16.9 Å². The molecule has 0 spiro atoms. The lowest BCUT2D eigenvalue weighted by Crippen LogP contribution is -2.33. The predicted octanol–water partition coefficient (Wildman–Crippen LogP) is 2.77. The lowest BCUT2D eigenvalue weighted by Gasteiger charge is -2.11. The van der Waals surface area contributed by atoms with E-state index in [1.54, 1.807) is 0 Å². The Morgan fingerprint density at radius 1 is 1.23 bits per heavy atom. The number of carboxylic acids is 1. The second-order valence-corrected chi connectivity index (χ2v) is 6.24. The van der Waals surface area contributed by atoms with E-state index in [0.717, 1.165) is 28.5 Å². The molecular formula is C17H20N2O3. The average molecular weight is 300 g/mol. The molecule has 5 heteroatoms. The summed E-state index contributed by atoms with van der Waals surface area (Å²) in [7, 11) is 0. The van der Waals surface area contributed by atoms with Crippen molar-refractivity contribution in [3.05, 3.63) is 35.0 Å². The minimum atomic E-state index is -0.770. The monoisotopic (exact) mass is 300 g/mol. The summed E-state index contributed by atoms with van der Waals surface area (Å²) in [5, 5.41) is 13.0. The molecule has 1 aliphatic carbocycles. The smallest absolute Gasteiger partial charge is 0.306 e. The van der Waals surface area contributed by atoms with Gasteiger partial charge in [-0.1, -0.05) is 6.07 Å². The van der Waals surface area contributed by atoms with Crippen molar-refractivity contribution in [2.24, 2.45) is 5.92 Å². The van der Waals surface area contributed by atoms with Gasteiger partial charge in [-0.25, -0.2) is 0 Å². The number of carbonyl (C=O) groups excluding carboxylic acids is 1. The van der Waals surface area contributed by atoms with Crippen molar-refractivity contribution in [1.82, 2.24) is 10.3 Å². The van der Waals surface area contributed by atoms with Crippen molar-refractivity contribution < 1.29 is 14.7 Å². The molecule has 1 saturated carbocycles. The number of fused-ring (bicyclic) bond motifs is 1. The number of aliphatic carboxylic acids is 1. The molecule has 0 bridgehead atoms. The number of aromatic nitrogens is 1. The highest BCUT2D eigenvalue weighted by Crippen LogP contribution is 2.26. The van der Waals surface area contributed by atoms with E-state index in [1.165, 1.54) is 0 Å². The second-order valence-electron chi connectivity index (χ2n) is 6.24. The van der Waals surface area contributed by atoms with Gasteiger partial charge in [0.2, 0.25) is 0 Å². The lowest BCUT2D eigenvalue weighted by atomic mass is 10.1. The maximum atomic E-state index is 12.4. The summed E-state index contributed by atoms with van der Waals surface area (Å²) in [4.78, 5) is 26.5. The van der Waals surface area contributed by atoms with Crippen molar-refractivity contribution in [1.29, 1.82) is 0 Å². The van der Waals surface area contributed by atoms with Gasteiger partial charge in [-0.05, 0) is 56.4 Å². The zero-order valence-corrected chi connectivity index (χ0v) is 12.8. The quantitative estimate of drug-likeness (QED) is 0.815. The van der Waals surface area contributed by atoms with E-state index < -0.39 is 5.97 Å². The molecule has 1 aromatic heterocycles. The van der Waals surface area contributed by atoms with Gasteiger partial charge in [0.05, 0.1) is 5.92 Å². The highest BCUT2D eigenvalue weighted by atomic mass is 16.4. The molecule has 2 aromatic rings. The van der Waals surface area contributed by atoms with Crippen molar-refractivity contribution >= 4 is 22.8 Å². The lowest BCUT2D eigenvalue weighted by molar-refractivity contribution is -0.141. The highest BCUT2D eigenvalue weighted by Gasteiger charge is 2.30. The SMILES string of the molecule is Cc1cc(C)c2cc(C(=O)N[C@H]3CC[C@@H](C(=O)O)C3)[nH]c2c1. The summed E-state index contributed by atoms with van der Waals surface area (Å²) in [6, 6.07) is 5.92. The minimum absolute atomic E-state index is 0.0529. The van der Waals surface area contributed by atoms with E-state index in [1.807, 2.05) is 26.0 Å². The Balaban J connectivity index is 1.76. The number of benzene rings is 1. The molecule has 2 atom stereocenters. The maximum absolute atomic E-state index is 12.4. The first-order valence-electron chi connectivity index (χ1n) is 7.57. The fourth-order valence-corrected chi connectivity index (χ4v) is 3.32. The van der Waals surface area contributed by atoms with Crippen molar-refractivity contribution in [3.63, 3.8) is 0 Å². The van der Waals surface area contributed by atoms with E-state index in [0.29, 0.717) is 18.5 Å². The molecule has 0 radical (unpaired) electrons. The highest BCUT2D eigenvalue weighted by molar-refractivity contribution is 5.99. The van der Waals surface area contributed by atoms with Crippen LogP contribution >= 0.6 is 0 Å². The number of carbonyl (C=O) groups is 2. The molecule has 0 aliphatic heterocycles. The molecule has 3 rings (SSSR count). The summed E-state index contributed by atoms with van der Waals surface area (Å²) in [6.45, 7) is 4.05. The van der Waals surface area contributed by atoms with Crippen LogP contribution in [0.25, 0.3) is 10.9 Å². The number of rotatable bonds is 3. The number of hydrogen-bond acceptors (Lipinski definition) is 2. The van der Waals surface area contributed by atoms with Crippen LogP contribution in [0.1, 0.15) is 40.9 Å². The molecule has 116 valence electrons. The molecule has 1 amide bonds. The molecule has 22 heavy (non-hydrogen) atoms. The Morgan fingerprint density at radius 2 is 2.00 bits per heavy atom. The molecule has 1 fully saturated rings. The van der Waals surface area contributed by atoms with Crippen LogP contribution in [0.3, 0.4) is 0 Å². The van der Waals surface area contributed by atoms with Crippen molar-refractivity contribution in [3.8, 4) is 0 Å². The standard InChI is InChI=1S/C17H20N2O3/c1-9-5-10(2)13-8-15(19-14(13)6-9)16(20)18-12-4-3-11(7-12)17(21)22/h5-6,8,11-12,19H,3-4,7H2,1-2H3,(H,18,20)(H,21,22)/t11-,12+/m1/s1. The zero-order chi connectivity index (χ0) is 15.9. The van der Waals surface area contributed by atoms with Crippen LogP contribution in [0.5, 0.6) is 0 Å². The minimum Gasteiger partial charge on any atom is -0.481 e. The molecule has 1 aliphatic rings. The van der Waals surface area contributed by atoms with Gasteiger partial charge < -0.3 is 15.4 Å². The number of aryl methyl sites for hydroxylation is 2. The molecular weight excluding hydrogens is 280 g/mol. The third-order valence-electron chi connectivity index (χ3n) is 4.45. The summed E-state index contributed by atoms with van der Waals surface area (Å²) in [5.41, 5.74) is 3.77. The van der Waals surface area contributed by atoms with E-state index >= 15 is 0 Å². The van der Waals surface area contributed by atoms with Gasteiger partial charge in [0.1, 0.15) is 5.69 Å². The summed E-state index contributed by atoms with van der Waals surface area (Å²) in [6.07, 6.45) is 1.87. The topological polar surface area (TPSA) is 82.2 Å². The van der Waals surface area contributed by atoms with E-state index in [9.17, 15) is 9.59 Å². The van der Waals surface area contributed by atoms with Crippen LogP contribution in [-0.4, -0.2) is 28.0 Å². The average Bonchev–Trinajstić information content (AvgIpc) is 3.05. The van der Waals surface area contributed by atoms with E-state index in [-0.39, 0.29) is 17.9 Å². The van der Waals surface area contributed by atoms with Gasteiger partial charge in [-0.2, -0.15) is 0 Å². The fourth-order valence-electron chi connectivity index (χ4n) is 3.32. The van der Waals surface area contributed by atoms with Gasteiger partial charge in [0.15, 0.2) is 0 Å². The number of carboxylic acid groups (broad SMARTS) is 1. The van der Waals surface area contributed by atoms with Gasteiger partial charge in [-0.3, -0.25) is 9.59 Å². The molecule has 1 aromatic carbocycles. The molecule has 0 saturated heterocycles. The first kappa shape index (κ1) is 14.6. The number of nitrogens with one attached hydrogen (secondary N) is 2. The van der Waals surface area contributed by atoms with Gasteiger partial charge in [0.25, 0.3) is 5.91 Å². The predicted molar refractivity (Wildman–Crippen MR) is 84.0 cm³/mol. The Labute approximate surface area is 128 Å². The number of hydrogen-bond donors (Lipinski definition) is 3. The Bertz CT molecular complexity index is 748. The van der Waals surface area contributed by atoms with Crippen LogP contribution in [0.2, 0.25) is 0 Å². The van der Waals surface area contributed by atoms with Gasteiger partial charge in [-0.15, -0.1) is 0 Å². The fraction of sp³-hybridized carbons (Fsp3) is 0.412. The van der Waals surface area contributed by atoms with Crippen molar-refractivity contribution in [2.45, 2.75) is 39.2 Å². The van der Waals surface area contributed by atoms with Crippen LogP contribution in [-0.2, 0) is 4.79 Å². The van der Waals surface area contributed by atoms with E-state index in [2.05, 4.69) is 16.4 Å². The third kappa shape index (κ3) is 2.71. The summed E-state index contributed by atoms with van der Waals surface area (Å²) in [5.74, 6) is -1.27. The maximum Gasteiger partial charge on any atom is 0.306 e. The Hall–Kier alpha value is -2.30. The van der Waals surface area contributed by atoms with Gasteiger partial charge >= 0.3 is 5.97 Å². The third-order valence-corrected chi connectivity index (χ3v) is 4.45. The second kappa shape index (κ2) is 5.48. The molecule has 1 heterocycles. The van der Waals surface area contributed by atoms with E-state index in [4.69, 9.17) is 5.11 Å². The van der Waals surface area contributed by atoms with Crippen LogP contribution in [0.15, 0.2) is 18.2 Å². The van der Waals surface area contributed by atoms with Crippen LogP contribution < -0.4 is 5.32 Å². The number of aromatic amines is 1. The molecule has 0 unspecified atom stereocenters. The Morgan fingerprint density at radius 3 is 2.68 bits per heavy atom. The first-order valence-corrected chi connectivity index (χ1v) is 7.57. The molecule has 3 N–H and O–H groups in total. The number of amides is 1. The number of H-pyrrole nitrogens is 1. The normalized spacial score (nSPS) is 21.2. The molecule has 5 nitrogen and oxygen atoms in total.